The maximum absolute atomic E-state index is 12.0. The largest absolute Gasteiger partial charge is 0.495 e. The Morgan fingerprint density at radius 3 is 2.78 bits per heavy atom. The van der Waals surface area contributed by atoms with E-state index in [0.29, 0.717) is 6.54 Å². The summed E-state index contributed by atoms with van der Waals surface area (Å²) in [6, 6.07) is 8.38. The van der Waals surface area contributed by atoms with Crippen LogP contribution in [0.25, 0.3) is 0 Å². The van der Waals surface area contributed by atoms with Crippen LogP contribution in [-0.4, -0.2) is 58.2 Å². The summed E-state index contributed by atoms with van der Waals surface area (Å²) in [7, 11) is 3.36. The number of benzene rings is 1. The summed E-state index contributed by atoms with van der Waals surface area (Å²) >= 11 is 0. The molecule has 150 valence electrons. The Bertz CT molecular complexity index is 660. The van der Waals surface area contributed by atoms with E-state index >= 15 is 0 Å². The van der Waals surface area contributed by atoms with Crippen LogP contribution in [0.4, 0.5) is 5.69 Å². The molecule has 7 heteroatoms. The van der Waals surface area contributed by atoms with Gasteiger partial charge in [0, 0.05) is 32.7 Å². The normalized spacial score (nSPS) is 17.6. The minimum Gasteiger partial charge on any atom is -0.495 e. The molecule has 0 spiro atoms. The first-order valence-corrected chi connectivity index (χ1v) is 9.56. The minimum absolute atomic E-state index is 0.00897. The zero-order valence-corrected chi connectivity index (χ0v) is 17.1. The third-order valence-electron chi connectivity index (χ3n) is 4.77. The van der Waals surface area contributed by atoms with Gasteiger partial charge >= 0.3 is 0 Å². The van der Waals surface area contributed by atoms with Gasteiger partial charge in [0.15, 0.2) is 5.96 Å². The fourth-order valence-electron chi connectivity index (χ4n) is 3.19. The summed E-state index contributed by atoms with van der Waals surface area (Å²) in [4.78, 5) is 18.9. The van der Waals surface area contributed by atoms with Crippen LogP contribution in [0.5, 0.6) is 5.75 Å². The number of anilines is 1. The van der Waals surface area contributed by atoms with Gasteiger partial charge in [-0.3, -0.25) is 9.79 Å². The number of aliphatic imine (C=N–C) groups is 1. The molecule has 1 aliphatic rings. The number of carbonyl (C=O) groups is 1. The van der Waals surface area contributed by atoms with E-state index in [1.54, 1.807) is 14.2 Å². The molecule has 1 saturated heterocycles. The second kappa shape index (κ2) is 9.48. The molecule has 1 fully saturated rings. The Balaban J connectivity index is 2.01. The van der Waals surface area contributed by atoms with E-state index < -0.39 is 5.41 Å². The number of carbonyl (C=O) groups excluding carboxylic acids is 1. The molecule has 3 N–H and O–H groups in total. The lowest BCUT2D eigenvalue weighted by Crippen LogP contribution is -2.45. The lowest BCUT2D eigenvalue weighted by atomic mass is 9.93. The molecule has 27 heavy (non-hydrogen) atoms. The molecule has 1 aromatic rings. The van der Waals surface area contributed by atoms with Crippen molar-refractivity contribution in [1.29, 1.82) is 0 Å². The van der Waals surface area contributed by atoms with Gasteiger partial charge in [-0.1, -0.05) is 12.1 Å². The maximum Gasteiger partial charge on any atom is 0.227 e. The summed E-state index contributed by atoms with van der Waals surface area (Å²) < 4.78 is 5.49. The molecule has 2 rings (SSSR count). The third kappa shape index (κ3) is 5.52. The number of para-hydroxylation sites is 2. The number of hydrogen-bond donors (Lipinski definition) is 3. The van der Waals surface area contributed by atoms with E-state index in [1.807, 2.05) is 39.0 Å². The van der Waals surface area contributed by atoms with Crippen LogP contribution in [0.15, 0.2) is 29.3 Å². The van der Waals surface area contributed by atoms with Gasteiger partial charge < -0.3 is 25.6 Å². The van der Waals surface area contributed by atoms with E-state index in [9.17, 15) is 4.79 Å². The fourth-order valence-corrected chi connectivity index (χ4v) is 3.19. The first-order chi connectivity index (χ1) is 12.9. The van der Waals surface area contributed by atoms with E-state index in [1.165, 1.54) is 0 Å². The Labute approximate surface area is 162 Å². The van der Waals surface area contributed by atoms with Crippen LogP contribution in [0.1, 0.15) is 27.2 Å². The Morgan fingerprint density at radius 1 is 1.37 bits per heavy atom. The first-order valence-electron chi connectivity index (χ1n) is 9.56. The van der Waals surface area contributed by atoms with Gasteiger partial charge in [0.2, 0.25) is 5.91 Å². The molecule has 0 aliphatic carbocycles. The van der Waals surface area contributed by atoms with Crippen molar-refractivity contribution >= 4 is 17.6 Å². The highest BCUT2D eigenvalue weighted by Gasteiger charge is 2.28. The first kappa shape index (κ1) is 20.9. The van der Waals surface area contributed by atoms with Crippen molar-refractivity contribution in [2.75, 3.05) is 45.2 Å². The number of nitrogens with one attached hydrogen (secondary N) is 3. The van der Waals surface area contributed by atoms with Gasteiger partial charge in [-0.25, -0.2) is 0 Å². The molecule has 0 saturated carbocycles. The van der Waals surface area contributed by atoms with Crippen LogP contribution in [0, 0.1) is 5.41 Å². The average molecular weight is 376 g/mol. The highest BCUT2D eigenvalue weighted by Crippen LogP contribution is 2.30. The standard InChI is InChI=1S/C20H33N5O2/c1-6-22-19(23-14-20(2,3)18(26)21-4)24-15-11-12-25(13-15)16-9-7-8-10-17(16)27-5/h7-10,15H,6,11-14H2,1-5H3,(H,21,26)(H2,22,23,24). The molecule has 1 aliphatic heterocycles. The molecule has 1 unspecified atom stereocenters. The van der Waals surface area contributed by atoms with Crippen molar-refractivity contribution in [3.8, 4) is 5.75 Å². The molecule has 1 aromatic carbocycles. The van der Waals surface area contributed by atoms with Crippen molar-refractivity contribution in [2.24, 2.45) is 10.4 Å². The van der Waals surface area contributed by atoms with Gasteiger partial charge in [0.05, 0.1) is 24.8 Å². The number of methoxy groups -OCH3 is 1. The quantitative estimate of drug-likeness (QED) is 0.498. The zero-order valence-electron chi connectivity index (χ0n) is 17.1. The summed E-state index contributed by atoms with van der Waals surface area (Å²) in [6.07, 6.45) is 1.02. The zero-order chi connectivity index (χ0) is 19.9. The van der Waals surface area contributed by atoms with E-state index in [-0.39, 0.29) is 11.9 Å². The fraction of sp³-hybridized carbons (Fsp3) is 0.600. The molecule has 0 bridgehead atoms. The Kier molecular flexibility index (Phi) is 7.33. The number of amides is 1. The molecule has 1 atom stereocenters. The monoisotopic (exact) mass is 375 g/mol. The number of hydrogen-bond acceptors (Lipinski definition) is 4. The topological polar surface area (TPSA) is 78.0 Å². The van der Waals surface area contributed by atoms with Gasteiger partial charge in [-0.05, 0) is 39.3 Å². The summed E-state index contributed by atoms with van der Waals surface area (Å²) in [6.45, 7) is 8.87. The minimum atomic E-state index is -0.545. The SMILES string of the molecule is CCNC(=NCC(C)(C)C(=O)NC)NC1CCN(c2ccccc2OC)C1. The molecule has 0 radical (unpaired) electrons. The maximum atomic E-state index is 12.0. The van der Waals surface area contributed by atoms with Gasteiger partial charge in [-0.15, -0.1) is 0 Å². The predicted octanol–water partition coefficient (Wildman–Crippen LogP) is 1.60. The van der Waals surface area contributed by atoms with Crippen LogP contribution in [0.2, 0.25) is 0 Å². The Morgan fingerprint density at radius 2 is 2.11 bits per heavy atom. The summed E-state index contributed by atoms with van der Waals surface area (Å²) in [5.74, 6) is 1.64. The predicted molar refractivity (Wildman–Crippen MR) is 111 cm³/mol. The number of ether oxygens (including phenoxy) is 1. The van der Waals surface area contributed by atoms with Crippen molar-refractivity contribution in [3.05, 3.63) is 24.3 Å². The summed E-state index contributed by atoms with van der Waals surface area (Å²) in [5.41, 5.74) is 0.572. The van der Waals surface area contributed by atoms with Crippen molar-refractivity contribution in [2.45, 2.75) is 33.2 Å². The molecular formula is C20H33N5O2. The van der Waals surface area contributed by atoms with Crippen molar-refractivity contribution in [1.82, 2.24) is 16.0 Å². The second-order valence-corrected chi connectivity index (χ2v) is 7.41. The average Bonchev–Trinajstić information content (AvgIpc) is 3.13. The highest BCUT2D eigenvalue weighted by atomic mass is 16.5. The Hall–Kier alpha value is -2.44. The smallest absolute Gasteiger partial charge is 0.227 e. The van der Waals surface area contributed by atoms with E-state index in [2.05, 4.69) is 31.9 Å². The molecule has 1 amide bonds. The second-order valence-electron chi connectivity index (χ2n) is 7.41. The molecular weight excluding hydrogens is 342 g/mol. The molecule has 1 heterocycles. The lowest BCUT2D eigenvalue weighted by molar-refractivity contribution is -0.128. The van der Waals surface area contributed by atoms with Gasteiger partial charge in [-0.2, -0.15) is 0 Å². The van der Waals surface area contributed by atoms with Crippen LogP contribution < -0.4 is 25.6 Å². The van der Waals surface area contributed by atoms with Crippen LogP contribution in [-0.2, 0) is 4.79 Å². The van der Waals surface area contributed by atoms with Crippen molar-refractivity contribution in [3.63, 3.8) is 0 Å². The van der Waals surface area contributed by atoms with Gasteiger partial charge in [0.25, 0.3) is 0 Å². The molecule has 0 aromatic heterocycles. The van der Waals surface area contributed by atoms with Crippen LogP contribution >= 0.6 is 0 Å². The molecule has 7 nitrogen and oxygen atoms in total. The van der Waals surface area contributed by atoms with E-state index in [0.717, 1.165) is 43.5 Å². The van der Waals surface area contributed by atoms with Crippen LogP contribution in [0.3, 0.4) is 0 Å². The van der Waals surface area contributed by atoms with Crippen molar-refractivity contribution < 1.29 is 9.53 Å². The summed E-state index contributed by atoms with van der Waals surface area (Å²) in [5, 5.41) is 9.49. The van der Waals surface area contributed by atoms with E-state index in [4.69, 9.17) is 4.74 Å². The lowest BCUT2D eigenvalue weighted by Gasteiger charge is -2.23. The number of guanidine groups is 1. The number of rotatable bonds is 7. The number of nitrogens with zero attached hydrogens (tertiary/aromatic N) is 2. The third-order valence-corrected chi connectivity index (χ3v) is 4.77. The highest BCUT2D eigenvalue weighted by molar-refractivity contribution is 5.83. The van der Waals surface area contributed by atoms with Gasteiger partial charge in [0.1, 0.15) is 5.75 Å².